The molecule has 1 aliphatic heterocycles. The molecule has 8 nitrogen and oxygen atoms in total. The van der Waals surface area contributed by atoms with E-state index in [2.05, 4.69) is 18.7 Å². The molecule has 0 unspecified atom stereocenters. The molecule has 2 N–H and O–H groups in total. The molecule has 0 aromatic heterocycles. The Bertz CT molecular complexity index is 1180. The lowest BCUT2D eigenvalue weighted by Crippen LogP contribution is -2.76. The van der Waals surface area contributed by atoms with Gasteiger partial charge in [0.05, 0.1) is 36.1 Å². The summed E-state index contributed by atoms with van der Waals surface area (Å²) < 4.78 is 32.4. The van der Waals surface area contributed by atoms with Gasteiger partial charge in [0.15, 0.2) is 0 Å². The van der Waals surface area contributed by atoms with Crippen LogP contribution in [-0.4, -0.2) is 88.5 Å². The van der Waals surface area contributed by atoms with Crippen molar-refractivity contribution in [3.05, 3.63) is 29.8 Å². The lowest BCUT2D eigenvalue weighted by atomic mass is 9.43. The number of benzene rings is 1. The number of fused-ring (bicyclic) bond motifs is 2. The van der Waals surface area contributed by atoms with Gasteiger partial charge in [-0.1, -0.05) is 19.1 Å². The first kappa shape index (κ1) is 28.1. The van der Waals surface area contributed by atoms with E-state index in [1.807, 2.05) is 33.5 Å². The van der Waals surface area contributed by atoms with Gasteiger partial charge in [-0.15, -0.1) is 0 Å². The number of anilines is 1. The van der Waals surface area contributed by atoms with E-state index in [0.29, 0.717) is 60.1 Å². The molecule has 41 heavy (non-hydrogen) atoms. The summed E-state index contributed by atoms with van der Waals surface area (Å²) in [6.07, 6.45) is 5.45. The molecule has 1 aromatic rings. The lowest BCUT2D eigenvalue weighted by molar-refractivity contribution is -0.286. The van der Waals surface area contributed by atoms with Crippen LogP contribution >= 0.6 is 0 Å². The van der Waals surface area contributed by atoms with E-state index in [9.17, 15) is 4.79 Å². The second-order valence-electron chi connectivity index (χ2n) is 13.8. The van der Waals surface area contributed by atoms with Gasteiger partial charge in [-0.05, 0) is 63.1 Å². The Morgan fingerprint density at radius 2 is 1.88 bits per heavy atom. The second-order valence-corrected chi connectivity index (χ2v) is 13.8. The van der Waals surface area contributed by atoms with E-state index in [4.69, 9.17) is 29.4 Å². The minimum Gasteiger partial charge on any atom is -0.461 e. The Morgan fingerprint density at radius 3 is 2.56 bits per heavy atom. The summed E-state index contributed by atoms with van der Waals surface area (Å²) in [4.78, 5) is 16.1. The molecule has 6 aliphatic rings. The van der Waals surface area contributed by atoms with Crippen molar-refractivity contribution in [2.45, 2.75) is 75.9 Å². The van der Waals surface area contributed by atoms with Crippen LogP contribution in [0.3, 0.4) is 0 Å². The van der Waals surface area contributed by atoms with Gasteiger partial charge in [-0.25, -0.2) is 4.79 Å². The normalized spacial score (nSPS) is 47.4. The average molecular weight is 569 g/mol. The maximum Gasteiger partial charge on any atom is 0.340 e. The third kappa shape index (κ3) is 3.43. The zero-order chi connectivity index (χ0) is 28.7. The van der Waals surface area contributed by atoms with Gasteiger partial charge < -0.3 is 29.4 Å². The monoisotopic (exact) mass is 568 g/mol. The molecule has 8 heteroatoms. The third-order valence-electron chi connectivity index (χ3n) is 13.0. The van der Waals surface area contributed by atoms with Crippen molar-refractivity contribution >= 4 is 11.7 Å². The molecule has 0 radical (unpaired) electrons. The molecule has 1 heterocycles. The van der Waals surface area contributed by atoms with Gasteiger partial charge in [-0.2, -0.15) is 0 Å². The SMILES string of the molecule is CCO[C@]12C[C@@H](OC)[C@H]3C[C@H]([C@@H]1[C@@H]3OC)[C@@]13[C@@H](OC)CC[C@@]4(COC(=O)c5ccccc5N)CN(CC)[C@@H]1[C@@H]2C[C@H]43. The number of esters is 1. The van der Waals surface area contributed by atoms with Crippen LogP contribution in [0.5, 0.6) is 0 Å². The number of nitrogens with zero attached hydrogens (tertiary/aromatic N) is 1. The van der Waals surface area contributed by atoms with E-state index >= 15 is 0 Å². The Morgan fingerprint density at radius 1 is 1.07 bits per heavy atom. The Kier molecular flexibility index (Phi) is 6.79. The minimum absolute atomic E-state index is 0.0382. The Hall–Kier alpha value is -1.71. The first-order valence-electron chi connectivity index (χ1n) is 15.8. The average Bonchev–Trinajstić information content (AvgIpc) is 3.44. The summed E-state index contributed by atoms with van der Waals surface area (Å²) in [5, 5.41) is 0. The number of nitrogen functional groups attached to an aromatic ring is 1. The smallest absolute Gasteiger partial charge is 0.340 e. The number of hydrogen-bond acceptors (Lipinski definition) is 8. The zero-order valence-electron chi connectivity index (χ0n) is 25.3. The molecule has 1 saturated heterocycles. The zero-order valence-corrected chi connectivity index (χ0v) is 25.3. The van der Waals surface area contributed by atoms with Gasteiger partial charge in [-0.3, -0.25) is 4.90 Å². The van der Waals surface area contributed by atoms with Gasteiger partial charge in [0.25, 0.3) is 0 Å². The van der Waals surface area contributed by atoms with Crippen molar-refractivity contribution in [1.82, 2.24) is 4.90 Å². The highest BCUT2D eigenvalue weighted by Gasteiger charge is 2.84. The van der Waals surface area contributed by atoms with Gasteiger partial charge in [0.2, 0.25) is 0 Å². The highest BCUT2D eigenvalue weighted by Crippen LogP contribution is 2.79. The van der Waals surface area contributed by atoms with Crippen LogP contribution in [0.25, 0.3) is 0 Å². The van der Waals surface area contributed by atoms with Crippen molar-refractivity contribution < 1.29 is 28.5 Å². The van der Waals surface area contributed by atoms with Crippen molar-refractivity contribution in [1.29, 1.82) is 0 Å². The van der Waals surface area contributed by atoms with Crippen molar-refractivity contribution in [2.24, 2.45) is 40.4 Å². The topological polar surface area (TPSA) is 92.5 Å². The molecule has 0 amide bonds. The maximum atomic E-state index is 13.4. The number of piperidine rings is 1. The standard InChI is InChI=1S/C33H48N2O6/c1-6-35-17-31(18-40-30(36)19-10-8-9-11-23(19)34)13-12-26(38-4)33-21-14-20-24(37-3)16-32(41-7-2,27(21)28(20)39-5)22(29(33)35)15-25(31)33/h8-11,20-22,24-29H,6-7,12-18,34H2,1-5H3/t20-,21-,22+,24-,25-,26+,27-,28-,29-,31+,32+,33-/m1/s1. The number of methoxy groups -OCH3 is 3. The van der Waals surface area contributed by atoms with Gasteiger partial charge in [0, 0.05) is 81.2 Å². The molecule has 6 fully saturated rings. The van der Waals surface area contributed by atoms with E-state index in [0.717, 1.165) is 45.2 Å². The summed E-state index contributed by atoms with van der Waals surface area (Å²) >= 11 is 0. The number of nitrogens with two attached hydrogens (primary N) is 1. The quantitative estimate of drug-likeness (QED) is 0.353. The van der Waals surface area contributed by atoms with Gasteiger partial charge >= 0.3 is 5.97 Å². The molecule has 226 valence electrons. The highest BCUT2D eigenvalue weighted by atomic mass is 16.5. The van der Waals surface area contributed by atoms with Crippen LogP contribution in [-0.2, 0) is 23.7 Å². The van der Waals surface area contributed by atoms with Crippen molar-refractivity contribution in [3.8, 4) is 0 Å². The fraction of sp³-hybridized carbons (Fsp3) is 0.788. The predicted octanol–water partition coefficient (Wildman–Crippen LogP) is 4.02. The maximum absolute atomic E-state index is 13.4. The molecule has 12 atom stereocenters. The molecule has 5 aliphatic carbocycles. The molecule has 1 aromatic carbocycles. The number of carbonyl (C=O) groups excluding carboxylic acids is 1. The number of likely N-dealkylation sites (tertiary alicyclic amines) is 1. The molecule has 5 saturated carbocycles. The predicted molar refractivity (Wildman–Crippen MR) is 154 cm³/mol. The molecule has 7 rings (SSSR count). The Balaban J connectivity index is 1.35. The second kappa shape index (κ2) is 9.91. The third-order valence-corrected chi connectivity index (χ3v) is 13.0. The van der Waals surface area contributed by atoms with E-state index in [1.54, 1.807) is 12.1 Å². The van der Waals surface area contributed by atoms with E-state index in [1.165, 1.54) is 0 Å². The first-order chi connectivity index (χ1) is 19.9. The molecule has 7 bridgehead atoms. The van der Waals surface area contributed by atoms with Gasteiger partial charge in [0.1, 0.15) is 0 Å². The highest BCUT2D eigenvalue weighted by molar-refractivity contribution is 5.95. The van der Waals surface area contributed by atoms with Crippen molar-refractivity contribution in [2.75, 3.05) is 53.4 Å². The summed E-state index contributed by atoms with van der Waals surface area (Å²) in [6.45, 7) is 7.43. The number of para-hydroxylation sites is 1. The summed E-state index contributed by atoms with van der Waals surface area (Å²) in [7, 11) is 5.67. The minimum atomic E-state index is -0.322. The lowest BCUT2D eigenvalue weighted by Gasteiger charge is -2.70. The summed E-state index contributed by atoms with van der Waals surface area (Å²) in [5.74, 6) is 1.48. The van der Waals surface area contributed by atoms with Crippen LogP contribution in [0.2, 0.25) is 0 Å². The number of carbonyl (C=O) groups is 1. The van der Waals surface area contributed by atoms with Crippen LogP contribution in [0.4, 0.5) is 5.69 Å². The molecular weight excluding hydrogens is 520 g/mol. The summed E-state index contributed by atoms with van der Waals surface area (Å²) in [6, 6.07) is 7.59. The number of hydrogen-bond donors (Lipinski definition) is 1. The van der Waals surface area contributed by atoms with Crippen LogP contribution < -0.4 is 5.73 Å². The fourth-order valence-corrected chi connectivity index (χ4v) is 12.1. The van der Waals surface area contributed by atoms with Crippen LogP contribution in [0.15, 0.2) is 24.3 Å². The Labute approximate surface area is 244 Å². The van der Waals surface area contributed by atoms with Crippen LogP contribution in [0.1, 0.15) is 56.3 Å². The first-order valence-corrected chi connectivity index (χ1v) is 15.8. The summed E-state index contributed by atoms with van der Waals surface area (Å²) in [5.41, 5.74) is 6.61. The van der Waals surface area contributed by atoms with E-state index < -0.39 is 0 Å². The van der Waals surface area contributed by atoms with E-state index in [-0.39, 0.29) is 40.7 Å². The molecule has 1 spiro atoms. The molecular formula is C33H48N2O6. The number of ether oxygens (including phenoxy) is 5. The largest absolute Gasteiger partial charge is 0.461 e. The fourth-order valence-electron chi connectivity index (χ4n) is 12.1. The van der Waals surface area contributed by atoms with Crippen molar-refractivity contribution in [3.63, 3.8) is 0 Å². The van der Waals surface area contributed by atoms with Crippen LogP contribution in [0, 0.1) is 40.4 Å². The number of rotatable bonds is 9.